The zero-order valence-electron chi connectivity index (χ0n) is 14.8. The SMILES string of the molecule is CC(=O)Cc1cc(-c2cc(C(C)=O)c(-c3ccccc3Cl)o2)c(C)cn1. The molecule has 0 radical (unpaired) electrons. The number of carbonyl (C=O) groups is 2. The standard InChI is InChI=1S/C21H18ClNO3/c1-12-11-23-15(8-13(2)24)9-17(12)20-10-18(14(3)25)21(26-20)16-6-4-5-7-19(16)22/h4-7,9-11H,8H2,1-3H3. The van der Waals surface area contributed by atoms with E-state index in [1.165, 1.54) is 13.8 Å². The van der Waals surface area contributed by atoms with Gasteiger partial charge in [-0.25, -0.2) is 0 Å². The van der Waals surface area contributed by atoms with E-state index in [1.807, 2.05) is 31.2 Å². The highest BCUT2D eigenvalue weighted by Crippen LogP contribution is 2.37. The molecule has 0 bridgehead atoms. The van der Waals surface area contributed by atoms with Crippen LogP contribution in [0.2, 0.25) is 5.02 Å². The zero-order chi connectivity index (χ0) is 18.8. The van der Waals surface area contributed by atoms with E-state index in [0.717, 1.165) is 11.1 Å². The zero-order valence-corrected chi connectivity index (χ0v) is 15.6. The minimum absolute atomic E-state index is 0.0351. The Morgan fingerprint density at radius 1 is 1.12 bits per heavy atom. The lowest BCUT2D eigenvalue weighted by Gasteiger charge is -2.06. The van der Waals surface area contributed by atoms with Crippen molar-refractivity contribution in [3.8, 4) is 22.6 Å². The molecule has 2 heterocycles. The number of hydrogen-bond donors (Lipinski definition) is 0. The van der Waals surface area contributed by atoms with Gasteiger partial charge in [-0.3, -0.25) is 14.6 Å². The quantitative estimate of drug-likeness (QED) is 0.574. The minimum Gasteiger partial charge on any atom is -0.455 e. The molecule has 0 atom stereocenters. The molecule has 2 aromatic heterocycles. The number of nitrogens with zero attached hydrogens (tertiary/aromatic N) is 1. The topological polar surface area (TPSA) is 60.2 Å². The van der Waals surface area contributed by atoms with Crippen LogP contribution in [0.4, 0.5) is 0 Å². The van der Waals surface area contributed by atoms with Crippen molar-refractivity contribution in [3.63, 3.8) is 0 Å². The number of rotatable bonds is 5. The van der Waals surface area contributed by atoms with E-state index < -0.39 is 0 Å². The summed E-state index contributed by atoms with van der Waals surface area (Å²) in [6, 6.07) is 10.8. The summed E-state index contributed by atoms with van der Waals surface area (Å²) in [6.45, 7) is 4.93. The van der Waals surface area contributed by atoms with Crippen LogP contribution in [0, 0.1) is 6.92 Å². The van der Waals surface area contributed by atoms with Crippen LogP contribution in [0.5, 0.6) is 0 Å². The second-order valence-electron chi connectivity index (χ2n) is 6.26. The molecule has 0 saturated carbocycles. The molecule has 0 spiro atoms. The Bertz CT molecular complexity index is 1000. The van der Waals surface area contributed by atoms with Crippen LogP contribution < -0.4 is 0 Å². The van der Waals surface area contributed by atoms with Gasteiger partial charge < -0.3 is 4.42 Å². The Kier molecular flexibility index (Phi) is 5.05. The summed E-state index contributed by atoms with van der Waals surface area (Å²) in [4.78, 5) is 27.8. The van der Waals surface area contributed by atoms with E-state index in [2.05, 4.69) is 4.98 Å². The van der Waals surface area contributed by atoms with Crippen molar-refractivity contribution in [2.75, 3.05) is 0 Å². The summed E-state index contributed by atoms with van der Waals surface area (Å²) in [5, 5.41) is 0.514. The molecule has 3 rings (SSSR count). The first kappa shape index (κ1) is 18.1. The lowest BCUT2D eigenvalue weighted by molar-refractivity contribution is -0.116. The number of carbonyl (C=O) groups excluding carboxylic acids is 2. The highest BCUT2D eigenvalue weighted by Gasteiger charge is 2.20. The molecular formula is C21H18ClNO3. The number of Topliss-reactive ketones (excluding diaryl/α,β-unsaturated/α-hetero) is 2. The molecule has 0 aliphatic heterocycles. The average molecular weight is 368 g/mol. The molecule has 3 aromatic rings. The molecule has 0 aliphatic rings. The van der Waals surface area contributed by atoms with Gasteiger partial charge in [0, 0.05) is 29.4 Å². The number of aryl methyl sites for hydroxylation is 1. The summed E-state index contributed by atoms with van der Waals surface area (Å²) in [5.41, 5.74) is 3.50. The van der Waals surface area contributed by atoms with Gasteiger partial charge in [-0.1, -0.05) is 23.7 Å². The van der Waals surface area contributed by atoms with Crippen molar-refractivity contribution in [2.45, 2.75) is 27.2 Å². The molecule has 0 aliphatic carbocycles. The molecule has 0 unspecified atom stereocenters. The first-order chi connectivity index (χ1) is 12.4. The highest BCUT2D eigenvalue weighted by molar-refractivity contribution is 6.33. The second-order valence-corrected chi connectivity index (χ2v) is 6.67. The van der Waals surface area contributed by atoms with Crippen LogP contribution in [0.1, 0.15) is 35.5 Å². The molecule has 132 valence electrons. The molecule has 0 fully saturated rings. The van der Waals surface area contributed by atoms with Gasteiger partial charge in [0.2, 0.25) is 0 Å². The summed E-state index contributed by atoms with van der Waals surface area (Å²) in [6.07, 6.45) is 1.96. The number of aromatic nitrogens is 1. The normalized spacial score (nSPS) is 10.8. The van der Waals surface area contributed by atoms with Crippen LogP contribution in [0.15, 0.2) is 47.0 Å². The van der Waals surface area contributed by atoms with E-state index >= 15 is 0 Å². The van der Waals surface area contributed by atoms with E-state index in [9.17, 15) is 9.59 Å². The lowest BCUT2D eigenvalue weighted by atomic mass is 10.0. The van der Waals surface area contributed by atoms with Gasteiger partial charge in [-0.2, -0.15) is 0 Å². The van der Waals surface area contributed by atoms with Crippen LogP contribution in [-0.2, 0) is 11.2 Å². The predicted octanol–water partition coefficient (Wildman–Crippen LogP) is 5.30. The van der Waals surface area contributed by atoms with E-state index in [0.29, 0.717) is 33.4 Å². The average Bonchev–Trinajstić information content (AvgIpc) is 3.01. The smallest absolute Gasteiger partial charge is 0.163 e. The second kappa shape index (κ2) is 7.26. The summed E-state index contributed by atoms with van der Waals surface area (Å²) >= 11 is 6.29. The third kappa shape index (κ3) is 3.60. The first-order valence-electron chi connectivity index (χ1n) is 8.22. The molecule has 0 saturated heterocycles. The molecule has 5 heteroatoms. The van der Waals surface area contributed by atoms with Gasteiger partial charge in [0.25, 0.3) is 0 Å². The summed E-state index contributed by atoms with van der Waals surface area (Å²) in [5.74, 6) is 0.927. The maximum Gasteiger partial charge on any atom is 0.163 e. The maximum atomic E-state index is 12.1. The number of benzene rings is 1. The monoisotopic (exact) mass is 367 g/mol. The Morgan fingerprint density at radius 3 is 2.50 bits per heavy atom. The van der Waals surface area contributed by atoms with Gasteiger partial charge in [0.15, 0.2) is 5.78 Å². The van der Waals surface area contributed by atoms with Crippen molar-refractivity contribution in [3.05, 3.63) is 64.4 Å². The van der Waals surface area contributed by atoms with Gasteiger partial charge in [-0.15, -0.1) is 0 Å². The van der Waals surface area contributed by atoms with Crippen LogP contribution in [-0.4, -0.2) is 16.6 Å². The van der Waals surface area contributed by atoms with Gasteiger partial charge in [0.05, 0.1) is 10.6 Å². The van der Waals surface area contributed by atoms with Crippen molar-refractivity contribution >= 4 is 23.2 Å². The molecule has 26 heavy (non-hydrogen) atoms. The molecule has 4 nitrogen and oxygen atoms in total. The minimum atomic E-state index is -0.106. The van der Waals surface area contributed by atoms with Crippen LogP contribution in [0.3, 0.4) is 0 Å². The molecule has 1 aromatic carbocycles. The first-order valence-corrected chi connectivity index (χ1v) is 8.59. The maximum absolute atomic E-state index is 12.1. The molecular weight excluding hydrogens is 350 g/mol. The number of furan rings is 1. The fourth-order valence-electron chi connectivity index (χ4n) is 2.81. The van der Waals surface area contributed by atoms with Crippen molar-refractivity contribution in [1.29, 1.82) is 0 Å². The largest absolute Gasteiger partial charge is 0.455 e. The highest BCUT2D eigenvalue weighted by atomic mass is 35.5. The van der Waals surface area contributed by atoms with Crippen molar-refractivity contribution in [2.24, 2.45) is 0 Å². The van der Waals surface area contributed by atoms with Gasteiger partial charge in [0.1, 0.15) is 17.3 Å². The summed E-state index contributed by atoms with van der Waals surface area (Å²) < 4.78 is 6.05. The lowest BCUT2D eigenvalue weighted by Crippen LogP contribution is -2.00. The molecule has 0 N–H and O–H groups in total. The molecule has 0 amide bonds. The number of ketones is 2. The number of pyridine rings is 1. The Hall–Kier alpha value is -2.72. The third-order valence-electron chi connectivity index (χ3n) is 4.09. The van der Waals surface area contributed by atoms with E-state index in [1.54, 1.807) is 18.3 Å². The van der Waals surface area contributed by atoms with Crippen molar-refractivity contribution < 1.29 is 14.0 Å². The number of halogens is 1. The van der Waals surface area contributed by atoms with Crippen LogP contribution >= 0.6 is 11.6 Å². The number of hydrogen-bond acceptors (Lipinski definition) is 4. The Morgan fingerprint density at radius 2 is 1.85 bits per heavy atom. The van der Waals surface area contributed by atoms with E-state index in [-0.39, 0.29) is 18.0 Å². The van der Waals surface area contributed by atoms with Crippen molar-refractivity contribution in [1.82, 2.24) is 4.98 Å². The third-order valence-corrected chi connectivity index (χ3v) is 4.41. The predicted molar refractivity (Wildman–Crippen MR) is 102 cm³/mol. The van der Waals surface area contributed by atoms with Gasteiger partial charge in [-0.05, 0) is 50.6 Å². The fourth-order valence-corrected chi connectivity index (χ4v) is 3.04. The van der Waals surface area contributed by atoms with E-state index in [4.69, 9.17) is 16.0 Å². The summed E-state index contributed by atoms with van der Waals surface area (Å²) in [7, 11) is 0. The van der Waals surface area contributed by atoms with Gasteiger partial charge >= 0.3 is 0 Å². The Labute approximate surface area is 156 Å². The van der Waals surface area contributed by atoms with Crippen LogP contribution in [0.25, 0.3) is 22.6 Å². The Balaban J connectivity index is 2.16. The fraction of sp³-hybridized carbons (Fsp3) is 0.190.